The van der Waals surface area contributed by atoms with Gasteiger partial charge in [0.1, 0.15) is 0 Å². The molecule has 0 saturated carbocycles. The molecule has 4 nitrogen and oxygen atoms in total. The van der Waals surface area contributed by atoms with Crippen LogP contribution >= 0.6 is 15.9 Å². The minimum absolute atomic E-state index is 0. The number of halogens is 1. The van der Waals surface area contributed by atoms with Crippen LogP contribution in [0.15, 0.2) is 40.9 Å². The van der Waals surface area contributed by atoms with E-state index in [1.54, 1.807) is 24.3 Å². The van der Waals surface area contributed by atoms with Gasteiger partial charge in [-0.05, 0) is 49.2 Å². The number of aromatic nitrogens is 1. The van der Waals surface area contributed by atoms with Gasteiger partial charge >= 0.3 is 51.4 Å². The van der Waals surface area contributed by atoms with Gasteiger partial charge < -0.3 is 14.5 Å². The fourth-order valence-electron chi connectivity index (χ4n) is 2.99. The van der Waals surface area contributed by atoms with E-state index < -0.39 is 11.9 Å². The van der Waals surface area contributed by atoms with Gasteiger partial charge in [0, 0.05) is 28.2 Å². The maximum atomic E-state index is 12.7. The van der Waals surface area contributed by atoms with E-state index in [4.69, 9.17) is 0 Å². The van der Waals surface area contributed by atoms with Crippen molar-refractivity contribution in [2.45, 2.75) is 31.7 Å². The summed E-state index contributed by atoms with van der Waals surface area (Å²) in [4.78, 5) is 24.0. The first kappa shape index (κ1) is 19.1. The molecule has 1 aromatic carbocycles. The molecule has 0 spiro atoms. The molecular formula is C17H15BrKNO3. The Hall–Kier alpha value is -0.244. The standard InChI is InChI=1S/C17H16BrNO3.K/c18-12-6-4-11(5-7-12)16(20)15-9-8-14-13(17(21)22)3-1-2-10-19(14)15;/h4-9,13H,1-3,10H2,(H,21,22);/q;+1/p-1. The van der Waals surface area contributed by atoms with Gasteiger partial charge in [-0.3, -0.25) is 4.79 Å². The summed E-state index contributed by atoms with van der Waals surface area (Å²) in [5.74, 6) is -1.78. The molecule has 6 heteroatoms. The first-order valence-corrected chi connectivity index (χ1v) is 8.08. The minimum atomic E-state index is -1.07. The summed E-state index contributed by atoms with van der Waals surface area (Å²) in [7, 11) is 0. The Bertz CT molecular complexity index is 724. The van der Waals surface area contributed by atoms with Crippen LogP contribution in [0.4, 0.5) is 0 Å². The Morgan fingerprint density at radius 1 is 1.09 bits per heavy atom. The van der Waals surface area contributed by atoms with E-state index in [9.17, 15) is 14.7 Å². The number of fused-ring (bicyclic) bond motifs is 1. The van der Waals surface area contributed by atoms with Crippen LogP contribution in [-0.4, -0.2) is 16.3 Å². The van der Waals surface area contributed by atoms with E-state index >= 15 is 0 Å². The molecule has 0 radical (unpaired) electrons. The Morgan fingerprint density at radius 2 is 1.78 bits per heavy atom. The van der Waals surface area contributed by atoms with Gasteiger partial charge in [0.2, 0.25) is 5.78 Å². The molecule has 3 rings (SSSR count). The Morgan fingerprint density at radius 3 is 2.43 bits per heavy atom. The number of carboxylic acid groups (broad SMARTS) is 1. The Labute approximate surface area is 185 Å². The summed E-state index contributed by atoms with van der Waals surface area (Å²) >= 11 is 3.35. The van der Waals surface area contributed by atoms with Gasteiger partial charge in [0.15, 0.2) is 0 Å². The number of carboxylic acids is 1. The molecule has 1 aliphatic rings. The first-order chi connectivity index (χ1) is 10.6. The topological polar surface area (TPSA) is 62.1 Å². The molecule has 1 unspecified atom stereocenters. The Balaban J connectivity index is 0.00000192. The predicted molar refractivity (Wildman–Crippen MR) is 83.6 cm³/mol. The monoisotopic (exact) mass is 399 g/mol. The summed E-state index contributed by atoms with van der Waals surface area (Å²) < 4.78 is 2.76. The van der Waals surface area contributed by atoms with Crippen LogP contribution in [-0.2, 0) is 11.3 Å². The van der Waals surface area contributed by atoms with Crippen molar-refractivity contribution >= 4 is 27.7 Å². The molecule has 0 fully saturated rings. The van der Waals surface area contributed by atoms with E-state index in [-0.39, 0.29) is 57.2 Å². The third kappa shape index (κ3) is 4.06. The molecule has 2 heterocycles. The van der Waals surface area contributed by atoms with Gasteiger partial charge in [0.25, 0.3) is 0 Å². The van der Waals surface area contributed by atoms with E-state index in [0.29, 0.717) is 29.9 Å². The van der Waals surface area contributed by atoms with Crippen molar-refractivity contribution in [3.05, 3.63) is 57.8 Å². The molecule has 0 aliphatic carbocycles. The minimum Gasteiger partial charge on any atom is -0.549 e. The van der Waals surface area contributed by atoms with Crippen molar-refractivity contribution in [2.24, 2.45) is 0 Å². The Kier molecular flexibility index (Phi) is 6.83. The fourth-order valence-corrected chi connectivity index (χ4v) is 3.25. The third-order valence-electron chi connectivity index (χ3n) is 4.12. The number of rotatable bonds is 3. The molecule has 114 valence electrons. The van der Waals surface area contributed by atoms with Crippen molar-refractivity contribution < 1.29 is 66.1 Å². The molecule has 1 atom stereocenters. The maximum absolute atomic E-state index is 12.7. The van der Waals surface area contributed by atoms with Gasteiger partial charge in [-0.2, -0.15) is 0 Å². The SMILES string of the molecule is O=C(c1ccc(Br)cc1)c1ccc2n1CCCCC2C(=O)[O-].[K+]. The molecule has 0 bridgehead atoms. The molecule has 0 amide bonds. The van der Waals surface area contributed by atoms with Crippen LogP contribution in [0.2, 0.25) is 0 Å². The van der Waals surface area contributed by atoms with Crippen molar-refractivity contribution in [2.75, 3.05) is 0 Å². The van der Waals surface area contributed by atoms with Crippen molar-refractivity contribution in [3.63, 3.8) is 0 Å². The number of ketones is 1. The van der Waals surface area contributed by atoms with Crippen molar-refractivity contribution in [3.8, 4) is 0 Å². The predicted octanol–water partition coefficient (Wildman–Crippen LogP) is -0.497. The number of carbonyl (C=O) groups excluding carboxylic acids is 2. The molecule has 0 saturated heterocycles. The normalized spacial score (nSPS) is 16.8. The molecule has 2 aromatic rings. The van der Waals surface area contributed by atoms with Crippen LogP contribution < -0.4 is 56.5 Å². The van der Waals surface area contributed by atoms with E-state index in [0.717, 1.165) is 17.3 Å². The molecule has 1 aliphatic heterocycles. The second kappa shape index (κ2) is 8.23. The fraction of sp³-hybridized carbons (Fsp3) is 0.294. The van der Waals surface area contributed by atoms with E-state index in [1.807, 2.05) is 16.7 Å². The zero-order chi connectivity index (χ0) is 15.7. The van der Waals surface area contributed by atoms with Crippen LogP contribution in [0, 0.1) is 0 Å². The van der Waals surface area contributed by atoms with Gasteiger partial charge in [-0.15, -0.1) is 0 Å². The van der Waals surface area contributed by atoms with Gasteiger partial charge in [-0.25, -0.2) is 0 Å². The molecule has 1 aromatic heterocycles. The van der Waals surface area contributed by atoms with Crippen molar-refractivity contribution in [1.29, 1.82) is 0 Å². The van der Waals surface area contributed by atoms with Crippen LogP contribution in [0.3, 0.4) is 0 Å². The summed E-state index contributed by atoms with van der Waals surface area (Å²) in [5.41, 5.74) is 1.82. The van der Waals surface area contributed by atoms with Crippen LogP contribution in [0.25, 0.3) is 0 Å². The summed E-state index contributed by atoms with van der Waals surface area (Å²) in [6.45, 7) is 0.670. The zero-order valence-electron chi connectivity index (χ0n) is 12.9. The maximum Gasteiger partial charge on any atom is 1.00 e. The first-order valence-electron chi connectivity index (χ1n) is 7.28. The number of hydrogen-bond acceptors (Lipinski definition) is 3. The van der Waals surface area contributed by atoms with Crippen molar-refractivity contribution in [1.82, 2.24) is 4.57 Å². The quantitative estimate of drug-likeness (QED) is 0.516. The van der Waals surface area contributed by atoms with Crippen LogP contribution in [0.1, 0.15) is 46.9 Å². The number of nitrogens with zero attached hydrogens (tertiary/aromatic N) is 1. The number of carbonyl (C=O) groups is 2. The average molecular weight is 400 g/mol. The summed E-state index contributed by atoms with van der Waals surface area (Å²) in [5, 5.41) is 11.3. The van der Waals surface area contributed by atoms with Crippen LogP contribution in [0.5, 0.6) is 0 Å². The smallest absolute Gasteiger partial charge is 0.549 e. The third-order valence-corrected chi connectivity index (χ3v) is 4.65. The number of hydrogen-bond donors (Lipinski definition) is 0. The second-order valence-corrected chi connectivity index (χ2v) is 6.41. The zero-order valence-corrected chi connectivity index (χ0v) is 17.6. The molecule has 23 heavy (non-hydrogen) atoms. The summed E-state index contributed by atoms with van der Waals surface area (Å²) in [6.07, 6.45) is 2.26. The van der Waals surface area contributed by atoms with E-state index in [2.05, 4.69) is 15.9 Å². The number of aliphatic carboxylic acids is 1. The van der Waals surface area contributed by atoms with E-state index in [1.165, 1.54) is 0 Å². The van der Waals surface area contributed by atoms with Gasteiger partial charge in [0.05, 0.1) is 11.7 Å². The number of benzene rings is 1. The largest absolute Gasteiger partial charge is 1.00 e. The molecule has 0 N–H and O–H groups in total. The molecular weight excluding hydrogens is 385 g/mol. The second-order valence-electron chi connectivity index (χ2n) is 5.50. The van der Waals surface area contributed by atoms with Gasteiger partial charge in [-0.1, -0.05) is 22.4 Å². The average Bonchev–Trinajstić information content (AvgIpc) is 2.79. The summed E-state index contributed by atoms with van der Waals surface area (Å²) in [6, 6.07) is 10.6.